The average molecular weight is 299 g/mol. The van der Waals surface area contributed by atoms with Gasteiger partial charge in [-0.25, -0.2) is 17.5 Å². The molecule has 2 rings (SSSR count). The normalized spacial score (nSPS) is 16.1. The molecule has 1 aliphatic rings. The van der Waals surface area contributed by atoms with Crippen molar-refractivity contribution >= 4 is 16.0 Å². The van der Waals surface area contributed by atoms with E-state index in [1.54, 1.807) is 0 Å². The van der Waals surface area contributed by atoms with Crippen LogP contribution in [0.1, 0.15) is 29.6 Å². The molecule has 0 aliphatic heterocycles. The van der Waals surface area contributed by atoms with Gasteiger partial charge in [0.1, 0.15) is 11.3 Å². The first-order chi connectivity index (χ1) is 9.32. The summed E-state index contributed by atoms with van der Waals surface area (Å²) < 4.78 is 25.9. The third kappa shape index (κ3) is 2.78. The quantitative estimate of drug-likeness (QED) is 0.859. The first-order valence-electron chi connectivity index (χ1n) is 6.35. The molecule has 1 fully saturated rings. The lowest BCUT2D eigenvalue weighted by atomic mass is 9.86. The largest absolute Gasteiger partial charge is 0.507 e. The zero-order valence-corrected chi connectivity index (χ0v) is 11.9. The fraction of sp³-hybridized carbons (Fsp3) is 0.462. The Morgan fingerprint density at radius 3 is 2.55 bits per heavy atom. The third-order valence-electron chi connectivity index (χ3n) is 3.65. The number of hydrogen-bond acceptors (Lipinski definition) is 4. The molecule has 0 atom stereocenters. The van der Waals surface area contributed by atoms with Crippen molar-refractivity contribution in [3.05, 3.63) is 23.8 Å². The summed E-state index contributed by atoms with van der Waals surface area (Å²) in [4.78, 5) is 10.8. The summed E-state index contributed by atoms with van der Waals surface area (Å²) >= 11 is 0. The minimum Gasteiger partial charge on any atom is -0.507 e. The summed E-state index contributed by atoms with van der Waals surface area (Å²) in [6.07, 6.45) is 3.17. The second-order valence-corrected chi connectivity index (χ2v) is 7.11. The average Bonchev–Trinajstić information content (AvgIpc) is 2.33. The van der Waals surface area contributed by atoms with Crippen molar-refractivity contribution in [2.75, 3.05) is 13.6 Å². The molecule has 0 bridgehead atoms. The number of carboxylic acid groups (broad SMARTS) is 1. The van der Waals surface area contributed by atoms with Crippen molar-refractivity contribution < 1.29 is 23.4 Å². The maximum absolute atomic E-state index is 12.3. The molecular weight excluding hydrogens is 282 g/mol. The number of carbonyl (C=O) groups is 1. The maximum atomic E-state index is 12.3. The summed E-state index contributed by atoms with van der Waals surface area (Å²) in [6.45, 7) is 0.436. The summed E-state index contributed by atoms with van der Waals surface area (Å²) in [5, 5.41) is 18.3. The third-order valence-corrected chi connectivity index (χ3v) is 5.47. The predicted octanol–water partition coefficient (Wildman–Crippen LogP) is 1.51. The Balaban J connectivity index is 2.28. The standard InChI is InChI=1S/C13H17NO5S/c1-14(8-9-3-2-4-9)20(18,19)10-5-6-12(15)11(7-10)13(16)17/h5-7,9,15H,2-4,8H2,1H3,(H,16,17). The van der Waals surface area contributed by atoms with Crippen LogP contribution in [-0.2, 0) is 10.0 Å². The summed E-state index contributed by atoms with van der Waals surface area (Å²) in [7, 11) is -2.24. The number of benzene rings is 1. The molecule has 0 unspecified atom stereocenters. The number of phenols is 1. The van der Waals surface area contributed by atoms with Gasteiger partial charge in [-0.1, -0.05) is 6.42 Å². The Kier molecular flexibility index (Phi) is 4.01. The molecule has 1 aromatic rings. The number of carboxylic acids is 1. The molecule has 0 amide bonds. The van der Waals surface area contributed by atoms with Crippen LogP contribution in [-0.4, -0.2) is 42.5 Å². The van der Waals surface area contributed by atoms with Crippen LogP contribution in [0.25, 0.3) is 0 Å². The molecule has 1 aliphatic carbocycles. The zero-order chi connectivity index (χ0) is 14.9. The summed E-state index contributed by atoms with van der Waals surface area (Å²) in [5.74, 6) is -1.43. The highest BCUT2D eigenvalue weighted by Gasteiger charge is 2.27. The topological polar surface area (TPSA) is 94.9 Å². The van der Waals surface area contributed by atoms with Gasteiger partial charge in [0, 0.05) is 13.6 Å². The van der Waals surface area contributed by atoms with Gasteiger partial charge in [-0.05, 0) is 37.0 Å². The maximum Gasteiger partial charge on any atom is 0.339 e. The summed E-state index contributed by atoms with van der Waals surface area (Å²) in [5.41, 5.74) is -0.414. The van der Waals surface area contributed by atoms with Crippen LogP contribution in [0.2, 0.25) is 0 Å². The van der Waals surface area contributed by atoms with Crippen molar-refractivity contribution in [3.63, 3.8) is 0 Å². The van der Waals surface area contributed by atoms with Gasteiger partial charge in [0.2, 0.25) is 10.0 Å². The van der Waals surface area contributed by atoms with Crippen LogP contribution < -0.4 is 0 Å². The van der Waals surface area contributed by atoms with Crippen molar-refractivity contribution in [3.8, 4) is 5.75 Å². The Hall–Kier alpha value is -1.60. The van der Waals surface area contributed by atoms with Gasteiger partial charge < -0.3 is 10.2 Å². The number of rotatable bonds is 5. The Labute approximate surface area is 117 Å². The second kappa shape index (κ2) is 5.41. The molecule has 0 saturated heterocycles. The predicted molar refractivity (Wildman–Crippen MR) is 72.2 cm³/mol. The Morgan fingerprint density at radius 1 is 1.40 bits per heavy atom. The van der Waals surface area contributed by atoms with Crippen molar-refractivity contribution in [1.82, 2.24) is 4.31 Å². The minimum atomic E-state index is -3.72. The van der Waals surface area contributed by atoms with Crippen LogP contribution in [0, 0.1) is 5.92 Å². The van der Waals surface area contributed by atoms with Gasteiger partial charge in [-0.15, -0.1) is 0 Å². The van der Waals surface area contributed by atoms with Gasteiger partial charge in [0.15, 0.2) is 0 Å². The van der Waals surface area contributed by atoms with E-state index in [9.17, 15) is 18.3 Å². The van der Waals surface area contributed by atoms with E-state index in [1.165, 1.54) is 17.4 Å². The first kappa shape index (κ1) is 14.8. The Bertz CT molecular complexity index is 622. The molecule has 0 heterocycles. The molecule has 7 heteroatoms. The molecule has 0 aromatic heterocycles. The van der Waals surface area contributed by atoms with Crippen LogP contribution >= 0.6 is 0 Å². The van der Waals surface area contributed by atoms with E-state index < -0.39 is 27.3 Å². The van der Waals surface area contributed by atoms with Crippen LogP contribution in [0.15, 0.2) is 23.1 Å². The lowest BCUT2D eigenvalue weighted by Crippen LogP contribution is -2.34. The van der Waals surface area contributed by atoms with E-state index in [4.69, 9.17) is 5.11 Å². The second-order valence-electron chi connectivity index (χ2n) is 5.07. The van der Waals surface area contributed by atoms with Crippen molar-refractivity contribution in [2.24, 2.45) is 5.92 Å². The zero-order valence-electron chi connectivity index (χ0n) is 11.1. The molecule has 20 heavy (non-hydrogen) atoms. The van der Waals surface area contributed by atoms with Crippen molar-refractivity contribution in [2.45, 2.75) is 24.2 Å². The van der Waals surface area contributed by atoms with Gasteiger partial charge >= 0.3 is 5.97 Å². The lowest BCUT2D eigenvalue weighted by Gasteiger charge is -2.29. The van der Waals surface area contributed by atoms with Gasteiger partial charge in [0.05, 0.1) is 4.90 Å². The molecule has 0 radical (unpaired) electrons. The molecule has 110 valence electrons. The number of sulfonamides is 1. The number of hydrogen-bond donors (Lipinski definition) is 2. The minimum absolute atomic E-state index is 0.116. The molecular formula is C13H17NO5S. The Morgan fingerprint density at radius 2 is 2.05 bits per heavy atom. The fourth-order valence-electron chi connectivity index (χ4n) is 2.16. The SMILES string of the molecule is CN(CC1CCC1)S(=O)(=O)c1ccc(O)c(C(=O)O)c1. The van der Waals surface area contributed by atoms with Crippen molar-refractivity contribution in [1.29, 1.82) is 0 Å². The van der Waals surface area contributed by atoms with Crippen LogP contribution in [0.5, 0.6) is 5.75 Å². The highest BCUT2D eigenvalue weighted by Crippen LogP contribution is 2.29. The molecule has 2 N–H and O–H groups in total. The van der Waals surface area contributed by atoms with E-state index in [1.807, 2.05) is 0 Å². The molecule has 6 nitrogen and oxygen atoms in total. The smallest absolute Gasteiger partial charge is 0.339 e. The van der Waals surface area contributed by atoms with Crippen LogP contribution in [0.3, 0.4) is 0 Å². The molecule has 1 saturated carbocycles. The van der Waals surface area contributed by atoms with E-state index in [2.05, 4.69) is 0 Å². The fourth-order valence-corrected chi connectivity index (χ4v) is 3.44. The monoisotopic (exact) mass is 299 g/mol. The van der Waals surface area contributed by atoms with Gasteiger partial charge in [-0.3, -0.25) is 0 Å². The molecule has 0 spiro atoms. The summed E-state index contributed by atoms with van der Waals surface area (Å²) in [6, 6.07) is 3.30. The highest BCUT2D eigenvalue weighted by atomic mass is 32.2. The van der Waals surface area contributed by atoms with Gasteiger partial charge in [0.25, 0.3) is 0 Å². The van der Waals surface area contributed by atoms with E-state index >= 15 is 0 Å². The highest BCUT2D eigenvalue weighted by molar-refractivity contribution is 7.89. The number of aromatic hydroxyl groups is 1. The van der Waals surface area contributed by atoms with Gasteiger partial charge in [-0.2, -0.15) is 0 Å². The molecule has 1 aromatic carbocycles. The van der Waals surface area contributed by atoms with E-state index in [0.29, 0.717) is 12.5 Å². The van der Waals surface area contributed by atoms with E-state index in [0.717, 1.165) is 31.4 Å². The first-order valence-corrected chi connectivity index (χ1v) is 7.79. The lowest BCUT2D eigenvalue weighted by molar-refractivity contribution is 0.0693. The number of nitrogens with zero attached hydrogens (tertiary/aromatic N) is 1. The van der Waals surface area contributed by atoms with E-state index in [-0.39, 0.29) is 4.90 Å². The number of aromatic carboxylic acids is 1. The van der Waals surface area contributed by atoms with Crippen LogP contribution in [0.4, 0.5) is 0 Å².